The molecular weight excluding hydrogens is 252 g/mol. The summed E-state index contributed by atoms with van der Waals surface area (Å²) in [6.45, 7) is 1.11. The van der Waals surface area contributed by atoms with Gasteiger partial charge in [-0.3, -0.25) is 0 Å². The normalized spacial score (nSPS) is 24.6. The molecule has 2 aromatic rings. The fourth-order valence-electron chi connectivity index (χ4n) is 3.88. The largest absolute Gasteiger partial charge is 0.352 e. The lowest BCUT2D eigenvalue weighted by Crippen LogP contribution is -2.37. The molecule has 1 saturated carbocycles. The topological polar surface area (TPSA) is 59.2 Å². The van der Waals surface area contributed by atoms with Crippen LogP contribution in [0, 0.1) is 5.92 Å². The molecule has 106 valence electrons. The first-order valence-corrected chi connectivity index (χ1v) is 7.74. The van der Waals surface area contributed by atoms with Crippen LogP contribution in [0.1, 0.15) is 44.9 Å². The Morgan fingerprint density at radius 1 is 1.00 bits per heavy atom. The Kier molecular flexibility index (Phi) is 3.01. The van der Waals surface area contributed by atoms with Gasteiger partial charge in [0.2, 0.25) is 0 Å². The predicted octanol–water partition coefficient (Wildman–Crippen LogP) is 2.07. The first-order valence-electron chi connectivity index (χ1n) is 7.74. The highest BCUT2D eigenvalue weighted by Crippen LogP contribution is 2.36. The van der Waals surface area contributed by atoms with E-state index in [9.17, 15) is 0 Å². The van der Waals surface area contributed by atoms with Crippen molar-refractivity contribution in [2.75, 3.05) is 11.4 Å². The third-order valence-electron chi connectivity index (χ3n) is 4.84. The van der Waals surface area contributed by atoms with Gasteiger partial charge in [0.15, 0.2) is 11.5 Å². The van der Waals surface area contributed by atoms with Gasteiger partial charge in [0.1, 0.15) is 0 Å². The minimum absolute atomic E-state index is 0.664. The average molecular weight is 272 g/mol. The number of tetrazole rings is 1. The van der Waals surface area contributed by atoms with Crippen LogP contribution in [0.2, 0.25) is 0 Å². The van der Waals surface area contributed by atoms with Crippen LogP contribution >= 0.6 is 0 Å². The van der Waals surface area contributed by atoms with Crippen molar-refractivity contribution >= 4 is 11.5 Å². The van der Waals surface area contributed by atoms with Crippen molar-refractivity contribution in [3.05, 3.63) is 12.1 Å². The Morgan fingerprint density at radius 2 is 1.90 bits per heavy atom. The van der Waals surface area contributed by atoms with Crippen LogP contribution in [0.5, 0.6) is 0 Å². The number of rotatable bonds is 2. The molecule has 0 N–H and O–H groups in total. The monoisotopic (exact) mass is 272 g/mol. The Bertz CT molecular complexity index is 588. The van der Waals surface area contributed by atoms with Crippen molar-refractivity contribution in [1.82, 2.24) is 25.3 Å². The predicted molar refractivity (Wildman–Crippen MR) is 75.5 cm³/mol. The molecule has 2 fully saturated rings. The number of fused-ring (bicyclic) bond motifs is 1. The molecule has 1 aliphatic carbocycles. The molecule has 6 nitrogen and oxygen atoms in total. The minimum atomic E-state index is 0.664. The van der Waals surface area contributed by atoms with Crippen LogP contribution in [-0.4, -0.2) is 37.8 Å². The van der Waals surface area contributed by atoms with Gasteiger partial charge in [-0.1, -0.05) is 19.3 Å². The van der Waals surface area contributed by atoms with Crippen molar-refractivity contribution in [2.45, 2.75) is 51.0 Å². The standard InChI is InChI=1S/C14H20N6/c1-2-5-11(6-3-1)12-7-4-10-19(12)14-9-8-13-15-17-18-20(13)16-14/h8-9,11-12H,1-7,10H2/t12-/m1/s1. The van der Waals surface area contributed by atoms with Gasteiger partial charge in [-0.2, -0.15) is 0 Å². The number of aromatic nitrogens is 5. The van der Waals surface area contributed by atoms with Crippen LogP contribution in [0.4, 0.5) is 5.82 Å². The number of hydrogen-bond acceptors (Lipinski definition) is 5. The van der Waals surface area contributed by atoms with Crippen LogP contribution in [0.3, 0.4) is 0 Å². The Balaban J connectivity index is 1.61. The highest BCUT2D eigenvalue weighted by atomic mass is 15.6. The molecular formula is C14H20N6. The molecule has 2 aromatic heterocycles. The number of anilines is 1. The average Bonchev–Trinajstić information content (AvgIpc) is 3.16. The van der Waals surface area contributed by atoms with Crippen molar-refractivity contribution in [1.29, 1.82) is 0 Å². The fraction of sp³-hybridized carbons (Fsp3) is 0.714. The molecule has 0 unspecified atom stereocenters. The SMILES string of the molecule is c1cc2nnnn2nc1N1CCC[C@@H]1C1CCCCC1. The van der Waals surface area contributed by atoms with E-state index in [2.05, 4.69) is 31.6 Å². The number of hydrogen-bond donors (Lipinski definition) is 0. The molecule has 1 saturated heterocycles. The van der Waals surface area contributed by atoms with Crippen molar-refractivity contribution in [3.8, 4) is 0 Å². The molecule has 0 bridgehead atoms. The second kappa shape index (κ2) is 5.00. The van der Waals surface area contributed by atoms with E-state index in [1.54, 1.807) is 0 Å². The van der Waals surface area contributed by atoms with Crippen LogP contribution in [0.15, 0.2) is 12.1 Å². The summed E-state index contributed by atoms with van der Waals surface area (Å²) in [6, 6.07) is 4.68. The lowest BCUT2D eigenvalue weighted by atomic mass is 9.83. The zero-order valence-corrected chi connectivity index (χ0v) is 11.6. The first kappa shape index (κ1) is 12.1. The Labute approximate surface area is 118 Å². The highest BCUT2D eigenvalue weighted by molar-refractivity contribution is 5.46. The molecule has 0 spiro atoms. The Morgan fingerprint density at radius 3 is 2.80 bits per heavy atom. The van der Waals surface area contributed by atoms with Gasteiger partial charge < -0.3 is 4.90 Å². The lowest BCUT2D eigenvalue weighted by Gasteiger charge is -2.34. The summed E-state index contributed by atoms with van der Waals surface area (Å²) in [7, 11) is 0. The fourth-order valence-corrected chi connectivity index (χ4v) is 3.88. The van der Waals surface area contributed by atoms with Gasteiger partial charge in [0.25, 0.3) is 0 Å². The van der Waals surface area contributed by atoms with E-state index in [-0.39, 0.29) is 0 Å². The summed E-state index contributed by atoms with van der Waals surface area (Å²) >= 11 is 0. The van der Waals surface area contributed by atoms with E-state index in [0.717, 1.165) is 18.3 Å². The molecule has 1 aliphatic heterocycles. The lowest BCUT2D eigenvalue weighted by molar-refractivity contribution is 0.303. The third-order valence-corrected chi connectivity index (χ3v) is 4.84. The van der Waals surface area contributed by atoms with E-state index >= 15 is 0 Å². The molecule has 1 atom stereocenters. The highest BCUT2D eigenvalue weighted by Gasteiger charge is 2.33. The van der Waals surface area contributed by atoms with Crippen LogP contribution in [0.25, 0.3) is 5.65 Å². The zero-order chi connectivity index (χ0) is 13.4. The van der Waals surface area contributed by atoms with Gasteiger partial charge in [0, 0.05) is 12.6 Å². The van der Waals surface area contributed by atoms with Gasteiger partial charge in [0.05, 0.1) is 0 Å². The summed E-state index contributed by atoms with van der Waals surface area (Å²) in [6.07, 6.45) is 9.56. The summed E-state index contributed by atoms with van der Waals surface area (Å²) in [5, 5.41) is 16.1. The summed E-state index contributed by atoms with van der Waals surface area (Å²) in [4.78, 5) is 2.48. The van der Waals surface area contributed by atoms with Gasteiger partial charge >= 0.3 is 0 Å². The van der Waals surface area contributed by atoms with E-state index in [0.29, 0.717) is 11.7 Å². The van der Waals surface area contributed by atoms with E-state index < -0.39 is 0 Å². The van der Waals surface area contributed by atoms with Gasteiger partial charge in [-0.25, -0.2) is 0 Å². The first-order chi connectivity index (χ1) is 9.92. The smallest absolute Gasteiger partial charge is 0.200 e. The number of nitrogens with zero attached hydrogens (tertiary/aromatic N) is 6. The molecule has 2 aliphatic rings. The van der Waals surface area contributed by atoms with E-state index in [1.807, 2.05) is 6.07 Å². The van der Waals surface area contributed by atoms with Crippen molar-refractivity contribution in [3.63, 3.8) is 0 Å². The molecule has 3 heterocycles. The molecule has 6 heteroatoms. The van der Waals surface area contributed by atoms with Crippen molar-refractivity contribution in [2.24, 2.45) is 5.92 Å². The van der Waals surface area contributed by atoms with Gasteiger partial charge in [-0.15, -0.1) is 14.8 Å². The molecule has 0 amide bonds. The van der Waals surface area contributed by atoms with E-state index in [4.69, 9.17) is 0 Å². The van der Waals surface area contributed by atoms with E-state index in [1.165, 1.54) is 49.6 Å². The maximum atomic E-state index is 4.57. The zero-order valence-electron chi connectivity index (χ0n) is 11.6. The quantitative estimate of drug-likeness (QED) is 0.837. The van der Waals surface area contributed by atoms with Gasteiger partial charge in [-0.05, 0) is 54.2 Å². The molecule has 20 heavy (non-hydrogen) atoms. The summed E-state index contributed by atoms with van der Waals surface area (Å²) in [5.74, 6) is 1.87. The summed E-state index contributed by atoms with van der Waals surface area (Å²) in [5.41, 5.74) is 0.710. The van der Waals surface area contributed by atoms with Crippen LogP contribution < -0.4 is 4.90 Å². The molecule has 4 rings (SSSR count). The molecule has 0 aromatic carbocycles. The van der Waals surface area contributed by atoms with Crippen LogP contribution in [-0.2, 0) is 0 Å². The second-order valence-corrected chi connectivity index (χ2v) is 6.02. The Hall–Kier alpha value is -1.72. The third kappa shape index (κ3) is 2.03. The maximum absolute atomic E-state index is 4.57. The molecule has 0 radical (unpaired) electrons. The second-order valence-electron chi connectivity index (χ2n) is 6.02. The van der Waals surface area contributed by atoms with Crippen molar-refractivity contribution < 1.29 is 0 Å². The maximum Gasteiger partial charge on any atom is 0.200 e. The summed E-state index contributed by atoms with van der Waals surface area (Å²) < 4.78 is 1.53. The minimum Gasteiger partial charge on any atom is -0.352 e.